The van der Waals surface area contributed by atoms with Crippen LogP contribution in [0.25, 0.3) is 10.8 Å². The molecule has 0 aliphatic heterocycles. The molecule has 0 bridgehead atoms. The van der Waals surface area contributed by atoms with Crippen LogP contribution in [0.4, 0.5) is 0 Å². The number of hydrogen-bond donors (Lipinski definition) is 2. The molecule has 3 rings (SSSR count). The summed E-state index contributed by atoms with van der Waals surface area (Å²) in [5, 5.41) is 11.6. The molecule has 0 saturated heterocycles. The number of hydrogen-bond acceptors (Lipinski definition) is 4. The maximum absolute atomic E-state index is 12.6. The summed E-state index contributed by atoms with van der Waals surface area (Å²) in [5.74, 6) is 0. The van der Waals surface area contributed by atoms with Gasteiger partial charge in [-0.15, -0.1) is 0 Å². The number of nitrogens with zero attached hydrogens (tertiary/aromatic N) is 1. The fraction of sp³-hybridized carbons (Fsp3) is 0.167. The lowest BCUT2D eigenvalue weighted by Gasteiger charge is -2.15. The minimum atomic E-state index is -3.74. The van der Waals surface area contributed by atoms with Gasteiger partial charge >= 0.3 is 0 Å². The molecule has 0 aliphatic rings. The first kappa shape index (κ1) is 16.6. The molecule has 3 aromatic rings. The number of aromatic nitrogens is 1. The highest BCUT2D eigenvalue weighted by molar-refractivity contribution is 7.89. The third kappa shape index (κ3) is 3.31. The molecule has 0 fully saturated rings. The molecular weight excluding hydrogens is 324 g/mol. The zero-order chi connectivity index (χ0) is 17.2. The van der Waals surface area contributed by atoms with Crippen molar-refractivity contribution in [2.24, 2.45) is 0 Å². The molecule has 0 radical (unpaired) electrons. The largest absolute Gasteiger partial charge is 0.387 e. The van der Waals surface area contributed by atoms with Gasteiger partial charge in [-0.25, -0.2) is 13.1 Å². The average Bonchev–Trinajstić information content (AvgIpc) is 2.59. The van der Waals surface area contributed by atoms with E-state index in [0.717, 1.165) is 10.9 Å². The van der Waals surface area contributed by atoms with E-state index in [4.69, 9.17) is 0 Å². The highest BCUT2D eigenvalue weighted by atomic mass is 32.2. The fourth-order valence-corrected chi connectivity index (χ4v) is 3.93. The molecule has 0 amide bonds. The molecule has 1 unspecified atom stereocenters. The Labute approximate surface area is 141 Å². The lowest BCUT2D eigenvalue weighted by molar-refractivity contribution is 0.181. The third-order valence-corrected chi connectivity index (χ3v) is 5.43. The Balaban J connectivity index is 1.85. The van der Waals surface area contributed by atoms with Gasteiger partial charge in [-0.2, -0.15) is 0 Å². The number of fused-ring (bicyclic) bond motifs is 1. The van der Waals surface area contributed by atoms with Gasteiger partial charge < -0.3 is 5.11 Å². The molecule has 5 nitrogen and oxygen atoms in total. The van der Waals surface area contributed by atoms with Crippen LogP contribution < -0.4 is 4.72 Å². The summed E-state index contributed by atoms with van der Waals surface area (Å²) in [5.41, 5.74) is 1.63. The van der Waals surface area contributed by atoms with E-state index in [1.54, 1.807) is 36.7 Å². The summed E-state index contributed by atoms with van der Waals surface area (Å²) >= 11 is 0. The van der Waals surface area contributed by atoms with Crippen LogP contribution >= 0.6 is 0 Å². The summed E-state index contributed by atoms with van der Waals surface area (Å²) in [6.07, 6.45) is 2.28. The summed E-state index contributed by atoms with van der Waals surface area (Å²) in [7, 11) is -3.74. The molecule has 0 aliphatic carbocycles. The summed E-state index contributed by atoms with van der Waals surface area (Å²) in [6.45, 7) is 1.79. The number of sulfonamides is 1. The van der Waals surface area contributed by atoms with E-state index < -0.39 is 16.1 Å². The number of benzene rings is 2. The number of nitrogens with one attached hydrogen (secondary N) is 1. The maximum atomic E-state index is 12.6. The van der Waals surface area contributed by atoms with Crippen LogP contribution in [0.15, 0.2) is 65.8 Å². The van der Waals surface area contributed by atoms with Crippen molar-refractivity contribution >= 4 is 20.8 Å². The van der Waals surface area contributed by atoms with Gasteiger partial charge in [0.05, 0.1) is 11.0 Å². The Morgan fingerprint density at radius 1 is 1.12 bits per heavy atom. The van der Waals surface area contributed by atoms with Gasteiger partial charge in [0, 0.05) is 29.7 Å². The predicted molar refractivity (Wildman–Crippen MR) is 93.1 cm³/mol. The SMILES string of the molecule is Cc1ccccc1C(O)CNS(=O)(=O)c1cccc2cnccc12. The number of aliphatic hydroxyl groups excluding tert-OH is 1. The Kier molecular flexibility index (Phi) is 4.62. The second kappa shape index (κ2) is 6.68. The van der Waals surface area contributed by atoms with Crippen molar-refractivity contribution in [2.45, 2.75) is 17.9 Å². The van der Waals surface area contributed by atoms with Gasteiger partial charge in [-0.05, 0) is 30.2 Å². The molecule has 0 spiro atoms. The zero-order valence-electron chi connectivity index (χ0n) is 13.2. The molecule has 6 heteroatoms. The fourth-order valence-electron chi connectivity index (χ4n) is 2.66. The van der Waals surface area contributed by atoms with Gasteiger partial charge in [0.1, 0.15) is 0 Å². The van der Waals surface area contributed by atoms with Crippen molar-refractivity contribution in [3.05, 3.63) is 72.1 Å². The van der Waals surface area contributed by atoms with E-state index in [9.17, 15) is 13.5 Å². The summed E-state index contributed by atoms with van der Waals surface area (Å²) in [6, 6.07) is 14.1. The third-order valence-electron chi connectivity index (χ3n) is 3.94. The molecule has 2 N–H and O–H groups in total. The molecular formula is C18H18N2O3S. The smallest absolute Gasteiger partial charge is 0.241 e. The van der Waals surface area contributed by atoms with Gasteiger partial charge in [-0.3, -0.25) is 4.98 Å². The first-order valence-corrected chi connectivity index (χ1v) is 9.03. The van der Waals surface area contributed by atoms with E-state index in [1.165, 1.54) is 0 Å². The highest BCUT2D eigenvalue weighted by Crippen LogP contribution is 2.23. The number of aryl methyl sites for hydroxylation is 1. The summed E-state index contributed by atoms with van der Waals surface area (Å²) < 4.78 is 27.7. The van der Waals surface area contributed by atoms with Crippen LogP contribution in [0.3, 0.4) is 0 Å². The Bertz CT molecular complexity index is 965. The molecule has 24 heavy (non-hydrogen) atoms. The van der Waals surface area contributed by atoms with Crippen molar-refractivity contribution in [2.75, 3.05) is 6.54 Å². The van der Waals surface area contributed by atoms with Gasteiger partial charge in [0.25, 0.3) is 0 Å². The molecule has 2 aromatic carbocycles. The molecule has 1 atom stereocenters. The predicted octanol–water partition coefficient (Wildman–Crippen LogP) is 2.56. The first-order chi connectivity index (χ1) is 11.5. The monoisotopic (exact) mass is 342 g/mol. The average molecular weight is 342 g/mol. The Morgan fingerprint density at radius 2 is 1.92 bits per heavy atom. The molecule has 1 heterocycles. The quantitative estimate of drug-likeness (QED) is 0.747. The molecule has 0 saturated carbocycles. The number of aliphatic hydroxyl groups is 1. The minimum absolute atomic E-state index is 0.0886. The van der Waals surface area contributed by atoms with Crippen LogP contribution in [0, 0.1) is 6.92 Å². The van der Waals surface area contributed by atoms with E-state index >= 15 is 0 Å². The van der Waals surface area contributed by atoms with E-state index in [2.05, 4.69) is 9.71 Å². The van der Waals surface area contributed by atoms with Crippen molar-refractivity contribution in [1.82, 2.24) is 9.71 Å². The number of rotatable bonds is 5. The van der Waals surface area contributed by atoms with Gasteiger partial charge in [0.2, 0.25) is 10.0 Å². The normalized spacial score (nSPS) is 13.1. The van der Waals surface area contributed by atoms with Crippen LogP contribution in [0.1, 0.15) is 17.2 Å². The Hall–Kier alpha value is -2.28. The Morgan fingerprint density at radius 3 is 2.71 bits per heavy atom. The van der Waals surface area contributed by atoms with Gasteiger partial charge in [-0.1, -0.05) is 36.4 Å². The molecule has 1 aromatic heterocycles. The zero-order valence-corrected chi connectivity index (χ0v) is 14.0. The number of pyridine rings is 1. The summed E-state index contributed by atoms with van der Waals surface area (Å²) in [4.78, 5) is 4.18. The minimum Gasteiger partial charge on any atom is -0.387 e. The van der Waals surface area contributed by atoms with E-state index in [0.29, 0.717) is 10.9 Å². The van der Waals surface area contributed by atoms with Crippen molar-refractivity contribution in [3.63, 3.8) is 0 Å². The maximum Gasteiger partial charge on any atom is 0.241 e. The van der Waals surface area contributed by atoms with E-state index in [1.807, 2.05) is 31.2 Å². The van der Waals surface area contributed by atoms with Crippen LogP contribution in [-0.2, 0) is 10.0 Å². The van der Waals surface area contributed by atoms with Crippen LogP contribution in [0.5, 0.6) is 0 Å². The standard InChI is InChI=1S/C18H18N2O3S/c1-13-5-2-3-7-15(13)17(21)12-20-24(22,23)18-8-4-6-14-11-19-10-9-16(14)18/h2-11,17,20-21H,12H2,1H3. The lowest BCUT2D eigenvalue weighted by Crippen LogP contribution is -2.29. The second-order valence-electron chi connectivity index (χ2n) is 5.58. The van der Waals surface area contributed by atoms with E-state index in [-0.39, 0.29) is 11.4 Å². The van der Waals surface area contributed by atoms with Gasteiger partial charge in [0.15, 0.2) is 0 Å². The van der Waals surface area contributed by atoms with Crippen molar-refractivity contribution in [3.8, 4) is 0 Å². The van der Waals surface area contributed by atoms with Crippen molar-refractivity contribution in [1.29, 1.82) is 0 Å². The first-order valence-electron chi connectivity index (χ1n) is 7.55. The van der Waals surface area contributed by atoms with Crippen molar-refractivity contribution < 1.29 is 13.5 Å². The second-order valence-corrected chi connectivity index (χ2v) is 7.31. The van der Waals surface area contributed by atoms with Crippen LogP contribution in [0.2, 0.25) is 0 Å². The lowest BCUT2D eigenvalue weighted by atomic mass is 10.0. The topological polar surface area (TPSA) is 79.3 Å². The molecule has 124 valence electrons. The highest BCUT2D eigenvalue weighted by Gasteiger charge is 2.19. The van der Waals surface area contributed by atoms with Crippen LogP contribution in [-0.4, -0.2) is 25.1 Å².